The van der Waals surface area contributed by atoms with Crippen LogP contribution in [0.1, 0.15) is 16.1 Å². The van der Waals surface area contributed by atoms with Crippen molar-refractivity contribution >= 4 is 34.6 Å². The van der Waals surface area contributed by atoms with Gasteiger partial charge < -0.3 is 16.0 Å². The molecule has 162 valence electrons. The van der Waals surface area contributed by atoms with Crippen molar-refractivity contribution in [3.63, 3.8) is 0 Å². The van der Waals surface area contributed by atoms with Crippen molar-refractivity contribution in [3.8, 4) is 0 Å². The van der Waals surface area contributed by atoms with E-state index in [9.17, 15) is 14.9 Å². The Bertz CT molecular complexity index is 1270. The van der Waals surface area contributed by atoms with Gasteiger partial charge in [-0.25, -0.2) is 4.98 Å². The molecule has 11 nitrogen and oxygen atoms in total. The summed E-state index contributed by atoms with van der Waals surface area (Å²) in [6.45, 7) is 2.57. The first-order valence-corrected chi connectivity index (χ1v) is 9.81. The van der Waals surface area contributed by atoms with E-state index in [1.165, 1.54) is 18.5 Å². The van der Waals surface area contributed by atoms with E-state index < -0.39 is 10.8 Å². The highest BCUT2D eigenvalue weighted by atomic mass is 16.6. The van der Waals surface area contributed by atoms with Gasteiger partial charge in [0, 0.05) is 42.2 Å². The molecule has 2 heterocycles. The van der Waals surface area contributed by atoms with Gasteiger partial charge in [0.1, 0.15) is 17.8 Å². The van der Waals surface area contributed by atoms with Crippen LogP contribution in [0.4, 0.5) is 22.9 Å². The van der Waals surface area contributed by atoms with Gasteiger partial charge in [-0.05, 0) is 31.2 Å². The van der Waals surface area contributed by atoms with E-state index in [0.717, 1.165) is 5.69 Å². The molecule has 2 aromatic heterocycles. The molecule has 0 aliphatic rings. The van der Waals surface area contributed by atoms with Crippen LogP contribution in [0.3, 0.4) is 0 Å². The number of anilines is 3. The SMILES string of the molecule is Cc1cc(NCCNC(=O)c2ccc(Nc3ccccc3)c([N+](=O)[O-])c2)n2ncnc2n1. The molecule has 0 bridgehead atoms. The standard InChI is InChI=1S/C21H20N8O3/c1-14-11-19(28-21(26-14)24-13-25-28)22-9-10-23-20(30)15-7-8-17(18(12-15)29(31)32)27-16-5-3-2-4-6-16/h2-8,11-13,22,27H,9-10H2,1H3,(H,23,30). The highest BCUT2D eigenvalue weighted by Crippen LogP contribution is 2.28. The van der Waals surface area contributed by atoms with Crippen molar-refractivity contribution in [1.29, 1.82) is 0 Å². The van der Waals surface area contributed by atoms with Crippen molar-refractivity contribution < 1.29 is 9.72 Å². The molecule has 1 amide bonds. The number of hydrogen-bond donors (Lipinski definition) is 3. The van der Waals surface area contributed by atoms with Gasteiger partial charge in [0.05, 0.1) is 4.92 Å². The van der Waals surface area contributed by atoms with Crippen molar-refractivity contribution in [2.45, 2.75) is 6.92 Å². The molecule has 0 radical (unpaired) electrons. The lowest BCUT2D eigenvalue weighted by molar-refractivity contribution is -0.383. The Labute approximate surface area is 182 Å². The van der Waals surface area contributed by atoms with Crippen LogP contribution in [-0.4, -0.2) is 43.5 Å². The monoisotopic (exact) mass is 432 g/mol. The first-order valence-electron chi connectivity index (χ1n) is 9.81. The Morgan fingerprint density at radius 1 is 1.12 bits per heavy atom. The van der Waals surface area contributed by atoms with E-state index in [0.29, 0.717) is 36.1 Å². The van der Waals surface area contributed by atoms with Gasteiger partial charge in [0.15, 0.2) is 0 Å². The summed E-state index contributed by atoms with van der Waals surface area (Å²) in [7, 11) is 0. The number of hydrogen-bond acceptors (Lipinski definition) is 8. The maximum absolute atomic E-state index is 12.5. The fourth-order valence-electron chi connectivity index (χ4n) is 3.13. The molecule has 32 heavy (non-hydrogen) atoms. The van der Waals surface area contributed by atoms with Crippen LogP contribution < -0.4 is 16.0 Å². The van der Waals surface area contributed by atoms with Gasteiger partial charge >= 0.3 is 0 Å². The third-order valence-electron chi connectivity index (χ3n) is 4.61. The Morgan fingerprint density at radius 3 is 2.72 bits per heavy atom. The van der Waals surface area contributed by atoms with E-state index in [-0.39, 0.29) is 11.3 Å². The molecule has 4 aromatic rings. The maximum atomic E-state index is 12.5. The van der Waals surface area contributed by atoms with Gasteiger partial charge in [-0.3, -0.25) is 14.9 Å². The van der Waals surface area contributed by atoms with Crippen LogP contribution in [0.5, 0.6) is 0 Å². The normalized spacial score (nSPS) is 10.7. The first kappa shape index (κ1) is 20.7. The molecule has 2 aromatic carbocycles. The van der Waals surface area contributed by atoms with Crippen LogP contribution in [0.15, 0.2) is 60.9 Å². The average Bonchev–Trinajstić information content (AvgIpc) is 3.26. The predicted molar refractivity (Wildman–Crippen MR) is 119 cm³/mol. The highest BCUT2D eigenvalue weighted by molar-refractivity contribution is 5.96. The zero-order valence-electron chi connectivity index (χ0n) is 17.1. The smallest absolute Gasteiger partial charge is 0.293 e. The number of nitrogens with one attached hydrogen (secondary N) is 3. The molecule has 3 N–H and O–H groups in total. The molecular formula is C21H20N8O3. The summed E-state index contributed by atoms with van der Waals surface area (Å²) in [6.07, 6.45) is 1.41. The fourth-order valence-corrected chi connectivity index (χ4v) is 3.13. The van der Waals surface area contributed by atoms with E-state index in [2.05, 4.69) is 31.0 Å². The number of aryl methyl sites for hydroxylation is 1. The maximum Gasteiger partial charge on any atom is 0.293 e. The summed E-state index contributed by atoms with van der Waals surface area (Å²) < 4.78 is 1.57. The lowest BCUT2D eigenvalue weighted by atomic mass is 10.1. The number of carbonyl (C=O) groups excluding carboxylic acids is 1. The van der Waals surface area contributed by atoms with E-state index in [4.69, 9.17) is 0 Å². The Balaban J connectivity index is 1.39. The summed E-state index contributed by atoms with van der Waals surface area (Å²) in [5.41, 5.74) is 1.83. The second-order valence-corrected chi connectivity index (χ2v) is 6.92. The summed E-state index contributed by atoms with van der Waals surface area (Å²) in [4.78, 5) is 31.8. The minimum absolute atomic E-state index is 0.180. The van der Waals surface area contributed by atoms with Crippen LogP contribution >= 0.6 is 0 Å². The summed E-state index contributed by atoms with van der Waals surface area (Å²) in [5.74, 6) is 0.775. The topological polar surface area (TPSA) is 139 Å². The molecule has 0 fully saturated rings. The third kappa shape index (κ3) is 4.61. The van der Waals surface area contributed by atoms with E-state index >= 15 is 0 Å². The lowest BCUT2D eigenvalue weighted by Gasteiger charge is -2.11. The van der Waals surface area contributed by atoms with Gasteiger partial charge in [-0.15, -0.1) is 0 Å². The van der Waals surface area contributed by atoms with Gasteiger partial charge in [-0.1, -0.05) is 18.2 Å². The molecule has 0 saturated carbocycles. The van der Waals surface area contributed by atoms with Crippen molar-refractivity contribution in [1.82, 2.24) is 24.9 Å². The number of nitro benzene ring substituents is 1. The van der Waals surface area contributed by atoms with Crippen LogP contribution in [0.25, 0.3) is 5.78 Å². The fraction of sp³-hybridized carbons (Fsp3) is 0.143. The Kier molecular flexibility index (Phi) is 5.88. The quantitative estimate of drug-likeness (QED) is 0.219. The molecule has 0 saturated heterocycles. The lowest BCUT2D eigenvalue weighted by Crippen LogP contribution is -2.29. The van der Waals surface area contributed by atoms with Crippen LogP contribution in [0.2, 0.25) is 0 Å². The minimum Gasteiger partial charge on any atom is -0.368 e. The number of aromatic nitrogens is 4. The van der Waals surface area contributed by atoms with E-state index in [1.807, 2.05) is 31.2 Å². The Hall–Kier alpha value is -4.54. The minimum atomic E-state index is -0.515. The molecular weight excluding hydrogens is 412 g/mol. The molecule has 0 spiro atoms. The average molecular weight is 432 g/mol. The Morgan fingerprint density at radius 2 is 1.94 bits per heavy atom. The number of benzene rings is 2. The number of amides is 1. The van der Waals surface area contributed by atoms with E-state index in [1.54, 1.807) is 22.7 Å². The molecule has 0 atom stereocenters. The van der Waals surface area contributed by atoms with Crippen molar-refractivity contribution in [3.05, 3.63) is 82.3 Å². The summed E-state index contributed by atoms with van der Waals surface area (Å²) in [6, 6.07) is 15.3. The molecule has 0 aliphatic heterocycles. The largest absolute Gasteiger partial charge is 0.368 e. The zero-order valence-corrected chi connectivity index (χ0v) is 17.1. The number of nitrogens with zero attached hydrogens (tertiary/aromatic N) is 5. The molecule has 0 aliphatic carbocycles. The predicted octanol–water partition coefficient (Wildman–Crippen LogP) is 2.93. The highest BCUT2D eigenvalue weighted by Gasteiger charge is 2.18. The van der Waals surface area contributed by atoms with Gasteiger partial charge in [0.2, 0.25) is 0 Å². The van der Waals surface area contributed by atoms with Crippen molar-refractivity contribution in [2.75, 3.05) is 23.7 Å². The summed E-state index contributed by atoms with van der Waals surface area (Å²) >= 11 is 0. The molecule has 4 rings (SSSR count). The number of nitro groups is 1. The van der Waals surface area contributed by atoms with Crippen molar-refractivity contribution in [2.24, 2.45) is 0 Å². The molecule has 0 unspecified atom stereocenters. The zero-order chi connectivity index (χ0) is 22.5. The second kappa shape index (κ2) is 9.08. The second-order valence-electron chi connectivity index (χ2n) is 6.92. The number of fused-ring (bicyclic) bond motifs is 1. The van der Waals surface area contributed by atoms with Crippen LogP contribution in [0, 0.1) is 17.0 Å². The summed E-state index contributed by atoms with van der Waals surface area (Å²) in [5, 5.41) is 24.6. The first-order chi connectivity index (χ1) is 15.5. The number of rotatable bonds is 8. The van der Waals surface area contributed by atoms with Gasteiger partial charge in [-0.2, -0.15) is 14.6 Å². The number of para-hydroxylation sites is 1. The number of carbonyl (C=O) groups is 1. The molecule has 11 heteroatoms. The van der Waals surface area contributed by atoms with Crippen LogP contribution in [-0.2, 0) is 0 Å². The van der Waals surface area contributed by atoms with Gasteiger partial charge in [0.25, 0.3) is 17.4 Å². The third-order valence-corrected chi connectivity index (χ3v) is 4.61.